The fourth-order valence-electron chi connectivity index (χ4n) is 1.47. The Labute approximate surface area is 86.3 Å². The summed E-state index contributed by atoms with van der Waals surface area (Å²) < 4.78 is 0. The van der Waals surface area contributed by atoms with Crippen LogP contribution >= 0.6 is 0 Å². The van der Waals surface area contributed by atoms with E-state index in [2.05, 4.69) is 18.2 Å². The molecule has 1 aromatic rings. The zero-order valence-electron chi connectivity index (χ0n) is 9.25. The van der Waals surface area contributed by atoms with Gasteiger partial charge in [-0.1, -0.05) is 24.3 Å². The molecule has 78 valence electrons. The van der Waals surface area contributed by atoms with Gasteiger partial charge in [0.2, 0.25) is 0 Å². The number of nitrogens with two attached hydrogens (primary N) is 2. The largest absolute Gasteiger partial charge is 0.328 e. The molecule has 1 rings (SSSR count). The maximum atomic E-state index is 6.03. The van der Waals surface area contributed by atoms with Gasteiger partial charge in [0.15, 0.2) is 0 Å². The Morgan fingerprint density at radius 1 is 1.36 bits per heavy atom. The molecule has 0 aliphatic rings. The first-order chi connectivity index (χ1) is 6.39. The maximum absolute atomic E-state index is 6.03. The van der Waals surface area contributed by atoms with Crippen molar-refractivity contribution >= 4 is 0 Å². The molecule has 0 aliphatic heterocycles. The average Bonchev–Trinajstić information content (AvgIpc) is 2.01. The summed E-state index contributed by atoms with van der Waals surface area (Å²) >= 11 is 0. The lowest BCUT2D eigenvalue weighted by atomic mass is 9.93. The summed E-state index contributed by atoms with van der Waals surface area (Å²) in [6.45, 7) is 6.04. The zero-order chi connectivity index (χ0) is 10.8. The van der Waals surface area contributed by atoms with Gasteiger partial charge in [0.1, 0.15) is 0 Å². The third kappa shape index (κ3) is 3.13. The molecule has 1 unspecified atom stereocenters. The highest BCUT2D eigenvalue weighted by Gasteiger charge is 2.13. The van der Waals surface area contributed by atoms with Crippen LogP contribution in [0.2, 0.25) is 0 Å². The molecule has 0 aromatic heterocycles. The van der Waals surface area contributed by atoms with Gasteiger partial charge in [-0.25, -0.2) is 0 Å². The molecule has 0 fully saturated rings. The predicted octanol–water partition coefficient (Wildman–Crippen LogP) is 1.77. The van der Waals surface area contributed by atoms with E-state index in [4.69, 9.17) is 11.5 Å². The van der Waals surface area contributed by atoms with Crippen LogP contribution < -0.4 is 11.5 Å². The fraction of sp³-hybridized carbons (Fsp3) is 0.500. The number of rotatable bonds is 3. The molecule has 2 nitrogen and oxygen atoms in total. The van der Waals surface area contributed by atoms with E-state index in [0.717, 1.165) is 12.0 Å². The molecular formula is C12H20N2. The van der Waals surface area contributed by atoms with Crippen molar-refractivity contribution in [1.82, 2.24) is 0 Å². The third-order valence-corrected chi connectivity index (χ3v) is 2.23. The Kier molecular flexibility index (Phi) is 3.29. The summed E-state index contributed by atoms with van der Waals surface area (Å²) in [6, 6.07) is 8.54. The molecule has 2 heteroatoms. The van der Waals surface area contributed by atoms with Gasteiger partial charge in [0.25, 0.3) is 0 Å². The number of hydrogen-bond acceptors (Lipinski definition) is 2. The monoisotopic (exact) mass is 192 g/mol. The van der Waals surface area contributed by atoms with Gasteiger partial charge < -0.3 is 11.5 Å². The SMILES string of the molecule is CC(N)Cc1cccc(C(C)(C)N)c1. The molecule has 1 atom stereocenters. The van der Waals surface area contributed by atoms with E-state index < -0.39 is 0 Å². The Hall–Kier alpha value is -0.860. The van der Waals surface area contributed by atoms with Crippen LogP contribution in [0.15, 0.2) is 24.3 Å². The lowest BCUT2D eigenvalue weighted by molar-refractivity contribution is 0.553. The minimum absolute atomic E-state index is 0.200. The topological polar surface area (TPSA) is 52.0 Å². The lowest BCUT2D eigenvalue weighted by Crippen LogP contribution is -2.28. The summed E-state index contributed by atoms with van der Waals surface area (Å²) in [7, 11) is 0. The van der Waals surface area contributed by atoms with Crippen molar-refractivity contribution in [3.63, 3.8) is 0 Å². The van der Waals surface area contributed by atoms with E-state index in [0.29, 0.717) is 0 Å². The molecule has 0 saturated heterocycles. The van der Waals surface area contributed by atoms with Crippen LogP contribution in [0.5, 0.6) is 0 Å². The minimum atomic E-state index is -0.270. The van der Waals surface area contributed by atoms with Crippen molar-refractivity contribution in [2.75, 3.05) is 0 Å². The second-order valence-electron chi connectivity index (χ2n) is 4.60. The quantitative estimate of drug-likeness (QED) is 0.767. The number of benzene rings is 1. The molecule has 0 saturated carbocycles. The molecule has 14 heavy (non-hydrogen) atoms. The van der Waals surface area contributed by atoms with Crippen LogP contribution in [0.3, 0.4) is 0 Å². The van der Waals surface area contributed by atoms with Crippen LogP contribution in [-0.2, 0) is 12.0 Å². The first-order valence-corrected chi connectivity index (χ1v) is 5.03. The van der Waals surface area contributed by atoms with Crippen LogP contribution in [0.25, 0.3) is 0 Å². The number of hydrogen-bond donors (Lipinski definition) is 2. The highest BCUT2D eigenvalue weighted by Crippen LogP contribution is 2.18. The van der Waals surface area contributed by atoms with Crippen LogP contribution in [0.4, 0.5) is 0 Å². The van der Waals surface area contributed by atoms with Gasteiger partial charge in [0, 0.05) is 11.6 Å². The van der Waals surface area contributed by atoms with E-state index in [9.17, 15) is 0 Å². The van der Waals surface area contributed by atoms with Gasteiger partial charge in [-0.3, -0.25) is 0 Å². The first kappa shape index (κ1) is 11.2. The summed E-state index contributed by atoms with van der Waals surface area (Å²) in [5.41, 5.74) is 13.9. The van der Waals surface area contributed by atoms with E-state index in [1.54, 1.807) is 0 Å². The van der Waals surface area contributed by atoms with Crippen LogP contribution in [-0.4, -0.2) is 6.04 Å². The van der Waals surface area contributed by atoms with Crippen LogP contribution in [0, 0.1) is 0 Å². The van der Waals surface area contributed by atoms with Gasteiger partial charge in [-0.2, -0.15) is 0 Å². The molecule has 0 bridgehead atoms. The summed E-state index contributed by atoms with van der Waals surface area (Å²) in [4.78, 5) is 0. The molecule has 0 heterocycles. The minimum Gasteiger partial charge on any atom is -0.328 e. The highest BCUT2D eigenvalue weighted by atomic mass is 14.7. The van der Waals surface area contributed by atoms with E-state index in [1.807, 2.05) is 26.8 Å². The summed E-state index contributed by atoms with van der Waals surface area (Å²) in [5, 5.41) is 0. The summed E-state index contributed by atoms with van der Waals surface area (Å²) in [5.74, 6) is 0. The third-order valence-electron chi connectivity index (χ3n) is 2.23. The second-order valence-corrected chi connectivity index (χ2v) is 4.60. The van der Waals surface area contributed by atoms with Crippen LogP contribution in [0.1, 0.15) is 31.9 Å². The Bertz CT molecular complexity index is 297. The zero-order valence-corrected chi connectivity index (χ0v) is 9.25. The average molecular weight is 192 g/mol. The van der Waals surface area contributed by atoms with Gasteiger partial charge >= 0.3 is 0 Å². The fourth-order valence-corrected chi connectivity index (χ4v) is 1.47. The molecule has 0 radical (unpaired) electrons. The van der Waals surface area contributed by atoms with Crippen molar-refractivity contribution in [2.45, 2.75) is 38.8 Å². The first-order valence-electron chi connectivity index (χ1n) is 5.03. The highest BCUT2D eigenvalue weighted by molar-refractivity contribution is 5.28. The molecule has 0 aliphatic carbocycles. The lowest BCUT2D eigenvalue weighted by Gasteiger charge is -2.20. The van der Waals surface area contributed by atoms with Gasteiger partial charge in [-0.05, 0) is 38.3 Å². The van der Waals surface area contributed by atoms with Gasteiger partial charge in [-0.15, -0.1) is 0 Å². The van der Waals surface area contributed by atoms with E-state index >= 15 is 0 Å². The summed E-state index contributed by atoms with van der Waals surface area (Å²) in [6.07, 6.45) is 0.907. The normalized spacial score (nSPS) is 14.1. The Balaban J connectivity index is 2.90. The van der Waals surface area contributed by atoms with Crippen molar-refractivity contribution < 1.29 is 0 Å². The second kappa shape index (κ2) is 4.11. The van der Waals surface area contributed by atoms with Crippen molar-refractivity contribution in [2.24, 2.45) is 11.5 Å². The van der Waals surface area contributed by atoms with E-state index in [1.165, 1.54) is 5.56 Å². The standard InChI is InChI=1S/C12H20N2/c1-9(13)7-10-5-4-6-11(8-10)12(2,3)14/h4-6,8-9H,7,13-14H2,1-3H3. The Morgan fingerprint density at radius 3 is 2.50 bits per heavy atom. The van der Waals surface area contributed by atoms with Crippen molar-refractivity contribution in [1.29, 1.82) is 0 Å². The molecule has 4 N–H and O–H groups in total. The smallest absolute Gasteiger partial charge is 0.0352 e. The van der Waals surface area contributed by atoms with E-state index in [-0.39, 0.29) is 11.6 Å². The maximum Gasteiger partial charge on any atom is 0.0352 e. The molecular weight excluding hydrogens is 172 g/mol. The molecule has 0 spiro atoms. The molecule has 1 aromatic carbocycles. The predicted molar refractivity (Wildman–Crippen MR) is 61.0 cm³/mol. The van der Waals surface area contributed by atoms with Crippen molar-refractivity contribution in [3.05, 3.63) is 35.4 Å². The van der Waals surface area contributed by atoms with Gasteiger partial charge in [0.05, 0.1) is 0 Å². The van der Waals surface area contributed by atoms with Crippen molar-refractivity contribution in [3.8, 4) is 0 Å². The molecule has 0 amide bonds. The Morgan fingerprint density at radius 2 is 2.00 bits per heavy atom.